The van der Waals surface area contributed by atoms with Gasteiger partial charge in [0.05, 0.1) is 23.5 Å². The number of carbonyl (C=O) groups excluding carboxylic acids is 1. The maximum absolute atomic E-state index is 12.0. The topological polar surface area (TPSA) is 79.8 Å². The second-order valence-electron chi connectivity index (χ2n) is 6.65. The number of nitrogens with zero attached hydrogens (tertiary/aromatic N) is 3. The van der Waals surface area contributed by atoms with Gasteiger partial charge in [0.25, 0.3) is 0 Å². The number of aromatic nitrogens is 1. The maximum atomic E-state index is 12.0. The predicted octanol–water partition coefficient (Wildman–Crippen LogP) is 1.91. The summed E-state index contributed by atoms with van der Waals surface area (Å²) in [6.07, 6.45) is 2.33. The van der Waals surface area contributed by atoms with Gasteiger partial charge in [-0.05, 0) is 38.8 Å². The molecule has 0 bridgehead atoms. The van der Waals surface area contributed by atoms with Crippen LogP contribution < -0.4 is 4.90 Å². The Bertz CT molecular complexity index is 732. The third-order valence-electron chi connectivity index (χ3n) is 4.29. The van der Waals surface area contributed by atoms with Gasteiger partial charge in [-0.1, -0.05) is 6.07 Å². The third-order valence-corrected chi connectivity index (χ3v) is 5.58. The minimum absolute atomic E-state index is 0.272. The number of pyridine rings is 1. The second-order valence-corrected chi connectivity index (χ2v) is 8.59. The van der Waals surface area contributed by atoms with Gasteiger partial charge in [-0.15, -0.1) is 0 Å². The Morgan fingerprint density at radius 3 is 2.70 bits per heavy atom. The quantitative estimate of drug-likeness (QED) is 0.840. The zero-order valence-electron chi connectivity index (χ0n) is 13.5. The average Bonchev–Trinajstić information content (AvgIpc) is 3.04. The monoisotopic (exact) mass is 339 g/mol. The molecule has 3 heterocycles. The van der Waals surface area contributed by atoms with E-state index in [9.17, 15) is 13.2 Å². The van der Waals surface area contributed by atoms with E-state index >= 15 is 0 Å². The molecule has 1 amide bonds. The maximum Gasteiger partial charge on any atom is 0.416 e. The summed E-state index contributed by atoms with van der Waals surface area (Å²) < 4.78 is 30.4. The van der Waals surface area contributed by atoms with Crippen molar-refractivity contribution in [1.82, 2.24) is 9.29 Å². The SMILES string of the molecule is CC1(C)COC(=O)N1c1cccc(C2CCCN2S(C)(=O)=O)n1. The Labute approximate surface area is 136 Å². The van der Waals surface area contributed by atoms with Crippen molar-refractivity contribution >= 4 is 21.9 Å². The van der Waals surface area contributed by atoms with E-state index in [4.69, 9.17) is 4.74 Å². The molecule has 2 aliphatic heterocycles. The fourth-order valence-electron chi connectivity index (χ4n) is 3.20. The van der Waals surface area contributed by atoms with Crippen LogP contribution in [0.15, 0.2) is 18.2 Å². The van der Waals surface area contributed by atoms with Gasteiger partial charge >= 0.3 is 6.09 Å². The molecule has 0 spiro atoms. The van der Waals surface area contributed by atoms with Crippen LogP contribution in [0.25, 0.3) is 0 Å². The molecule has 0 N–H and O–H groups in total. The van der Waals surface area contributed by atoms with Crippen LogP contribution in [0.2, 0.25) is 0 Å². The Morgan fingerprint density at radius 2 is 2.09 bits per heavy atom. The lowest BCUT2D eigenvalue weighted by atomic mass is 10.1. The summed E-state index contributed by atoms with van der Waals surface area (Å²) in [5, 5.41) is 0. The first-order valence-electron chi connectivity index (χ1n) is 7.61. The molecular weight excluding hydrogens is 318 g/mol. The lowest BCUT2D eigenvalue weighted by Gasteiger charge is -2.28. The Balaban J connectivity index is 1.96. The predicted molar refractivity (Wildman–Crippen MR) is 85.7 cm³/mol. The number of ether oxygens (including phenoxy) is 1. The molecule has 2 aliphatic rings. The molecule has 1 aromatic heterocycles. The highest BCUT2D eigenvalue weighted by Crippen LogP contribution is 2.35. The lowest BCUT2D eigenvalue weighted by molar-refractivity contribution is 0.175. The van der Waals surface area contributed by atoms with Gasteiger partial charge < -0.3 is 4.74 Å². The second kappa shape index (κ2) is 5.45. The summed E-state index contributed by atoms with van der Waals surface area (Å²) in [5.41, 5.74) is 0.190. The van der Waals surface area contributed by atoms with Crippen LogP contribution in [0, 0.1) is 0 Å². The molecule has 0 radical (unpaired) electrons. The Kier molecular flexibility index (Phi) is 3.84. The van der Waals surface area contributed by atoms with Gasteiger partial charge in [0.1, 0.15) is 12.4 Å². The van der Waals surface area contributed by atoms with Gasteiger partial charge in [0.15, 0.2) is 0 Å². The summed E-state index contributed by atoms with van der Waals surface area (Å²) in [6, 6.07) is 5.09. The molecule has 7 nitrogen and oxygen atoms in total. The Hall–Kier alpha value is -1.67. The van der Waals surface area contributed by atoms with Gasteiger partial charge in [-0.3, -0.25) is 4.90 Å². The largest absolute Gasteiger partial charge is 0.447 e. The van der Waals surface area contributed by atoms with Gasteiger partial charge in [0.2, 0.25) is 10.0 Å². The normalized spacial score (nSPS) is 24.9. The zero-order valence-corrected chi connectivity index (χ0v) is 14.3. The molecule has 8 heteroatoms. The fourth-order valence-corrected chi connectivity index (χ4v) is 4.34. The van der Waals surface area contributed by atoms with Gasteiger partial charge in [-0.25, -0.2) is 18.2 Å². The summed E-state index contributed by atoms with van der Waals surface area (Å²) >= 11 is 0. The first kappa shape index (κ1) is 16.2. The van der Waals surface area contributed by atoms with E-state index < -0.39 is 21.7 Å². The van der Waals surface area contributed by atoms with Crippen LogP contribution >= 0.6 is 0 Å². The van der Waals surface area contributed by atoms with Gasteiger partial charge in [0, 0.05) is 6.54 Å². The number of cyclic esters (lactones) is 1. The molecule has 1 unspecified atom stereocenters. The highest BCUT2D eigenvalue weighted by molar-refractivity contribution is 7.88. The lowest BCUT2D eigenvalue weighted by Crippen LogP contribution is -2.42. The number of carbonyl (C=O) groups is 1. The van der Waals surface area contributed by atoms with Crippen molar-refractivity contribution in [3.63, 3.8) is 0 Å². The molecule has 3 rings (SSSR count). The first-order valence-corrected chi connectivity index (χ1v) is 9.46. The molecule has 2 saturated heterocycles. The standard InChI is InChI=1S/C15H21N3O4S/c1-15(2)10-22-14(19)18(15)13-8-4-6-11(16-13)12-7-5-9-17(12)23(3,20)21/h4,6,8,12H,5,7,9-10H2,1-3H3. The van der Waals surface area contributed by atoms with Crippen LogP contribution in [-0.4, -0.2) is 48.7 Å². The zero-order chi connectivity index (χ0) is 16.8. The van der Waals surface area contributed by atoms with E-state index in [0.717, 1.165) is 12.8 Å². The number of hydrogen-bond donors (Lipinski definition) is 0. The van der Waals surface area contributed by atoms with Crippen molar-refractivity contribution in [3.05, 3.63) is 23.9 Å². The van der Waals surface area contributed by atoms with E-state index in [-0.39, 0.29) is 6.04 Å². The molecule has 126 valence electrons. The van der Waals surface area contributed by atoms with E-state index in [1.165, 1.54) is 15.5 Å². The van der Waals surface area contributed by atoms with Crippen molar-refractivity contribution in [2.24, 2.45) is 0 Å². The fraction of sp³-hybridized carbons (Fsp3) is 0.600. The minimum Gasteiger partial charge on any atom is -0.447 e. The number of hydrogen-bond acceptors (Lipinski definition) is 5. The van der Waals surface area contributed by atoms with Crippen molar-refractivity contribution in [2.45, 2.75) is 38.3 Å². The smallest absolute Gasteiger partial charge is 0.416 e. The van der Waals surface area contributed by atoms with Gasteiger partial charge in [-0.2, -0.15) is 4.31 Å². The van der Waals surface area contributed by atoms with Crippen molar-refractivity contribution in [2.75, 3.05) is 24.3 Å². The minimum atomic E-state index is -3.28. The molecular formula is C15H21N3O4S. The summed E-state index contributed by atoms with van der Waals surface area (Å²) in [6.45, 7) is 4.62. The molecule has 0 aliphatic carbocycles. The van der Waals surface area contributed by atoms with Crippen LogP contribution in [-0.2, 0) is 14.8 Å². The van der Waals surface area contributed by atoms with Crippen LogP contribution in [0.1, 0.15) is 38.4 Å². The summed E-state index contributed by atoms with van der Waals surface area (Å²) in [4.78, 5) is 18.1. The van der Waals surface area contributed by atoms with Crippen molar-refractivity contribution in [1.29, 1.82) is 0 Å². The van der Waals surface area contributed by atoms with Crippen LogP contribution in [0.5, 0.6) is 0 Å². The Morgan fingerprint density at radius 1 is 1.35 bits per heavy atom. The number of anilines is 1. The molecule has 23 heavy (non-hydrogen) atoms. The van der Waals surface area contributed by atoms with Crippen molar-refractivity contribution in [3.8, 4) is 0 Å². The molecule has 1 atom stereocenters. The summed E-state index contributed by atoms with van der Waals surface area (Å²) in [7, 11) is -3.28. The van der Waals surface area contributed by atoms with E-state index in [0.29, 0.717) is 24.7 Å². The molecule has 2 fully saturated rings. The average molecular weight is 339 g/mol. The number of sulfonamides is 1. The molecule has 0 saturated carbocycles. The highest BCUT2D eigenvalue weighted by Gasteiger charge is 2.42. The number of amides is 1. The van der Waals surface area contributed by atoms with Crippen molar-refractivity contribution < 1.29 is 17.9 Å². The molecule has 0 aromatic carbocycles. The highest BCUT2D eigenvalue weighted by atomic mass is 32.2. The van der Waals surface area contributed by atoms with Crippen LogP contribution in [0.4, 0.5) is 10.6 Å². The first-order chi connectivity index (χ1) is 10.7. The number of rotatable bonds is 3. The summed E-state index contributed by atoms with van der Waals surface area (Å²) in [5.74, 6) is 0.496. The van der Waals surface area contributed by atoms with E-state index in [2.05, 4.69) is 4.98 Å². The van der Waals surface area contributed by atoms with E-state index in [1.807, 2.05) is 19.9 Å². The van der Waals surface area contributed by atoms with E-state index in [1.54, 1.807) is 12.1 Å². The third kappa shape index (κ3) is 2.92. The molecule has 1 aromatic rings. The van der Waals surface area contributed by atoms with Crippen LogP contribution in [0.3, 0.4) is 0 Å².